The van der Waals surface area contributed by atoms with Gasteiger partial charge in [0, 0.05) is 37.8 Å². The molecule has 0 unspecified atom stereocenters. The summed E-state index contributed by atoms with van der Waals surface area (Å²) in [5.74, 6) is 1.62. The molecule has 0 aliphatic carbocycles. The van der Waals surface area contributed by atoms with Crippen LogP contribution in [-0.4, -0.2) is 30.4 Å². The third kappa shape index (κ3) is 4.14. The quantitative estimate of drug-likeness (QED) is 0.471. The standard InChI is InChI=1S/C8H7NO3.C8H9NO.CH4O/c10-9(11)7-2-1-6-3-4-12-8(6)5-7;9-7-2-1-6-3-4-10-8(6)5-7;1-2/h1-2,5H,3-4H2;1-2,5H,3-4,9H2;2H,1H3. The molecule has 0 saturated heterocycles. The number of aliphatic hydroxyl groups excluding tert-OH is 1. The highest BCUT2D eigenvalue weighted by Gasteiger charge is 2.15. The van der Waals surface area contributed by atoms with Gasteiger partial charge in [-0.1, -0.05) is 6.07 Å². The second-order valence-corrected chi connectivity index (χ2v) is 5.11. The first-order chi connectivity index (χ1) is 11.6. The molecule has 0 spiro atoms. The zero-order valence-corrected chi connectivity index (χ0v) is 13.4. The van der Waals surface area contributed by atoms with Crippen molar-refractivity contribution in [2.75, 3.05) is 26.1 Å². The summed E-state index contributed by atoms with van der Waals surface area (Å²) in [4.78, 5) is 9.94. The van der Waals surface area contributed by atoms with Gasteiger partial charge in [-0.2, -0.15) is 0 Å². The van der Waals surface area contributed by atoms with Crippen LogP contribution in [0.2, 0.25) is 0 Å². The minimum absolute atomic E-state index is 0.0932. The number of nitrogens with zero attached hydrogens (tertiary/aromatic N) is 1. The van der Waals surface area contributed by atoms with Gasteiger partial charge in [-0.3, -0.25) is 10.1 Å². The van der Waals surface area contributed by atoms with Crippen molar-refractivity contribution in [2.45, 2.75) is 12.8 Å². The van der Waals surface area contributed by atoms with E-state index in [-0.39, 0.29) is 5.69 Å². The van der Waals surface area contributed by atoms with E-state index in [4.69, 9.17) is 20.3 Å². The van der Waals surface area contributed by atoms with Crippen molar-refractivity contribution < 1.29 is 19.5 Å². The van der Waals surface area contributed by atoms with Crippen LogP contribution in [0.15, 0.2) is 36.4 Å². The topological polar surface area (TPSA) is 108 Å². The molecule has 2 aromatic carbocycles. The first-order valence-electron chi connectivity index (χ1n) is 7.49. The van der Waals surface area contributed by atoms with Crippen molar-refractivity contribution >= 4 is 11.4 Å². The van der Waals surface area contributed by atoms with Crippen molar-refractivity contribution in [3.8, 4) is 11.5 Å². The van der Waals surface area contributed by atoms with E-state index in [2.05, 4.69) is 0 Å². The molecule has 3 N–H and O–H groups in total. The Bertz CT molecular complexity index is 718. The predicted octanol–water partition coefficient (Wildman–Crippen LogP) is 2.34. The Kier molecular flexibility index (Phi) is 5.97. The fourth-order valence-electron chi connectivity index (χ4n) is 2.45. The van der Waals surface area contributed by atoms with Crippen molar-refractivity contribution in [2.24, 2.45) is 0 Å². The highest BCUT2D eigenvalue weighted by molar-refractivity contribution is 5.49. The number of rotatable bonds is 1. The average Bonchev–Trinajstić information content (AvgIpc) is 3.24. The van der Waals surface area contributed by atoms with Gasteiger partial charge in [-0.15, -0.1) is 0 Å². The normalized spacial score (nSPS) is 13.1. The fraction of sp³-hybridized carbons (Fsp3) is 0.294. The van der Waals surface area contributed by atoms with Gasteiger partial charge in [0.25, 0.3) is 5.69 Å². The highest BCUT2D eigenvalue weighted by Crippen LogP contribution is 2.29. The molecule has 24 heavy (non-hydrogen) atoms. The number of aliphatic hydroxyl groups is 1. The summed E-state index contributed by atoms with van der Waals surface area (Å²) >= 11 is 0. The van der Waals surface area contributed by atoms with Gasteiger partial charge in [0.2, 0.25) is 0 Å². The van der Waals surface area contributed by atoms with Crippen LogP contribution < -0.4 is 15.2 Å². The summed E-state index contributed by atoms with van der Waals surface area (Å²) in [6, 6.07) is 10.5. The molecular weight excluding hydrogens is 312 g/mol. The van der Waals surface area contributed by atoms with Crippen LogP contribution in [-0.2, 0) is 12.8 Å². The van der Waals surface area contributed by atoms with E-state index < -0.39 is 4.92 Å². The number of nitro groups is 1. The molecule has 0 atom stereocenters. The minimum Gasteiger partial charge on any atom is -0.493 e. The number of nitrogen functional groups attached to an aromatic ring is 1. The van der Waals surface area contributed by atoms with E-state index in [1.807, 2.05) is 18.2 Å². The molecule has 0 amide bonds. The molecule has 0 saturated carbocycles. The van der Waals surface area contributed by atoms with E-state index in [1.165, 1.54) is 17.7 Å². The predicted molar refractivity (Wildman–Crippen MR) is 90.5 cm³/mol. The van der Waals surface area contributed by atoms with Crippen LogP contribution in [0.1, 0.15) is 11.1 Å². The number of hydrogen-bond donors (Lipinski definition) is 2. The Morgan fingerprint density at radius 2 is 1.54 bits per heavy atom. The largest absolute Gasteiger partial charge is 0.493 e. The third-order valence-electron chi connectivity index (χ3n) is 3.61. The molecular formula is C17H20N2O5. The second kappa shape index (κ2) is 8.16. The molecule has 0 aromatic heterocycles. The van der Waals surface area contributed by atoms with Gasteiger partial charge in [-0.05, 0) is 23.3 Å². The van der Waals surface area contributed by atoms with Gasteiger partial charge in [0.1, 0.15) is 11.5 Å². The Balaban J connectivity index is 0.000000160. The lowest BCUT2D eigenvalue weighted by Crippen LogP contribution is -1.88. The smallest absolute Gasteiger partial charge is 0.273 e. The molecule has 128 valence electrons. The first-order valence-corrected chi connectivity index (χ1v) is 7.49. The molecule has 7 heteroatoms. The molecule has 7 nitrogen and oxygen atoms in total. The third-order valence-corrected chi connectivity index (χ3v) is 3.61. The summed E-state index contributed by atoms with van der Waals surface area (Å²) < 4.78 is 10.5. The Labute approximate surface area is 139 Å². The van der Waals surface area contributed by atoms with E-state index in [0.29, 0.717) is 12.4 Å². The van der Waals surface area contributed by atoms with Gasteiger partial charge in [0.05, 0.1) is 24.2 Å². The Morgan fingerprint density at radius 3 is 2.12 bits per heavy atom. The summed E-state index contributed by atoms with van der Waals surface area (Å²) in [7, 11) is 1.00. The lowest BCUT2D eigenvalue weighted by molar-refractivity contribution is -0.384. The zero-order chi connectivity index (χ0) is 17.5. The Hall–Kier alpha value is -2.80. The number of anilines is 1. The summed E-state index contributed by atoms with van der Waals surface area (Å²) in [6.45, 7) is 1.44. The van der Waals surface area contributed by atoms with E-state index >= 15 is 0 Å². The maximum absolute atomic E-state index is 10.4. The van der Waals surface area contributed by atoms with Crippen LogP contribution >= 0.6 is 0 Å². The highest BCUT2D eigenvalue weighted by atomic mass is 16.6. The molecule has 2 aliphatic rings. The van der Waals surface area contributed by atoms with Crippen LogP contribution in [0.3, 0.4) is 0 Å². The lowest BCUT2D eigenvalue weighted by atomic mass is 10.1. The van der Waals surface area contributed by atoms with E-state index in [0.717, 1.165) is 43.6 Å². The fourth-order valence-corrected chi connectivity index (χ4v) is 2.45. The summed E-state index contributed by atoms with van der Waals surface area (Å²) in [5, 5.41) is 17.4. The van der Waals surface area contributed by atoms with E-state index in [1.54, 1.807) is 6.07 Å². The molecule has 2 heterocycles. The monoisotopic (exact) mass is 332 g/mol. The van der Waals surface area contributed by atoms with Crippen molar-refractivity contribution in [1.82, 2.24) is 0 Å². The number of benzene rings is 2. The number of non-ortho nitro benzene ring substituents is 1. The molecule has 0 bridgehead atoms. The van der Waals surface area contributed by atoms with Gasteiger partial charge in [-0.25, -0.2) is 0 Å². The van der Waals surface area contributed by atoms with Crippen molar-refractivity contribution in [3.05, 3.63) is 57.6 Å². The minimum atomic E-state index is -0.415. The maximum Gasteiger partial charge on any atom is 0.273 e. The summed E-state index contributed by atoms with van der Waals surface area (Å²) in [5.41, 5.74) is 8.75. The average molecular weight is 332 g/mol. The van der Waals surface area contributed by atoms with Gasteiger partial charge >= 0.3 is 0 Å². The zero-order valence-electron chi connectivity index (χ0n) is 13.4. The van der Waals surface area contributed by atoms with Crippen LogP contribution in [0.4, 0.5) is 11.4 Å². The number of ether oxygens (including phenoxy) is 2. The maximum atomic E-state index is 10.4. The van der Waals surface area contributed by atoms with Crippen LogP contribution in [0.5, 0.6) is 11.5 Å². The molecule has 2 aliphatic heterocycles. The number of fused-ring (bicyclic) bond motifs is 2. The summed E-state index contributed by atoms with van der Waals surface area (Å²) in [6.07, 6.45) is 1.88. The van der Waals surface area contributed by atoms with Crippen molar-refractivity contribution in [3.63, 3.8) is 0 Å². The molecule has 0 radical (unpaired) electrons. The van der Waals surface area contributed by atoms with E-state index in [9.17, 15) is 10.1 Å². The molecule has 4 rings (SSSR count). The van der Waals surface area contributed by atoms with Gasteiger partial charge in [0.15, 0.2) is 0 Å². The number of nitrogens with two attached hydrogens (primary N) is 1. The SMILES string of the molecule is CO.Nc1ccc2c(c1)OCC2.O=[N+]([O-])c1ccc2c(c1)OCC2. The van der Waals surface area contributed by atoms with Gasteiger partial charge < -0.3 is 20.3 Å². The van der Waals surface area contributed by atoms with Crippen LogP contribution in [0, 0.1) is 10.1 Å². The van der Waals surface area contributed by atoms with Crippen molar-refractivity contribution in [1.29, 1.82) is 0 Å². The molecule has 0 fully saturated rings. The number of nitro benzene ring substituents is 1. The van der Waals surface area contributed by atoms with Crippen LogP contribution in [0.25, 0.3) is 0 Å². The molecule has 2 aromatic rings. The number of hydrogen-bond acceptors (Lipinski definition) is 6. The second-order valence-electron chi connectivity index (χ2n) is 5.11. The Morgan fingerprint density at radius 1 is 1.00 bits per heavy atom. The first kappa shape index (κ1) is 17.6. The lowest BCUT2D eigenvalue weighted by Gasteiger charge is -1.98.